The van der Waals surface area contributed by atoms with E-state index in [1.54, 1.807) is 23.9 Å². The minimum absolute atomic E-state index is 0.310. The van der Waals surface area contributed by atoms with Crippen molar-refractivity contribution in [3.05, 3.63) is 54.4 Å². The molecular weight excluding hydrogens is 467 g/mol. The summed E-state index contributed by atoms with van der Waals surface area (Å²) in [5.41, 5.74) is 10.6. The lowest BCUT2D eigenvalue weighted by Crippen LogP contribution is -2.21. The van der Waals surface area contributed by atoms with E-state index in [2.05, 4.69) is 27.1 Å². The molecule has 0 saturated heterocycles. The molecule has 3 rings (SSSR count). The number of anilines is 1. The summed E-state index contributed by atoms with van der Waals surface area (Å²) in [5, 5.41) is 11.7. The van der Waals surface area contributed by atoms with E-state index in [1.165, 1.54) is 0 Å². The number of carbonyl (C=O) groups is 2. The van der Waals surface area contributed by atoms with Crippen LogP contribution in [-0.4, -0.2) is 65.2 Å². The van der Waals surface area contributed by atoms with Crippen LogP contribution in [0.15, 0.2) is 48.7 Å². The Morgan fingerprint density at radius 2 is 1.71 bits per heavy atom. The van der Waals surface area contributed by atoms with Crippen molar-refractivity contribution in [1.29, 1.82) is 0 Å². The Kier molecular flexibility index (Phi) is 9.34. The summed E-state index contributed by atoms with van der Waals surface area (Å²) in [7, 11) is 4.01. The zero-order chi connectivity index (χ0) is 26.2. The van der Waals surface area contributed by atoms with Gasteiger partial charge in [0.25, 0.3) is 0 Å². The summed E-state index contributed by atoms with van der Waals surface area (Å²) >= 11 is 0. The highest BCUT2D eigenvalue weighted by molar-refractivity contribution is 5.89. The lowest BCUT2D eigenvalue weighted by Gasteiger charge is -2.12. The van der Waals surface area contributed by atoms with Crippen molar-refractivity contribution in [2.75, 3.05) is 32.1 Å². The van der Waals surface area contributed by atoms with Crippen molar-refractivity contribution in [2.45, 2.75) is 19.6 Å². The Bertz CT molecular complexity index is 1140. The molecule has 12 heteroatoms. The van der Waals surface area contributed by atoms with Crippen LogP contribution < -0.4 is 10.6 Å². The third kappa shape index (κ3) is 7.54. The maximum absolute atomic E-state index is 12.2. The number of benzene rings is 1. The number of esters is 1. The van der Waals surface area contributed by atoms with E-state index >= 15 is 0 Å². The second-order valence-electron chi connectivity index (χ2n) is 7.32. The Hall–Kier alpha value is -3.93. The number of hydrogen-bond donors (Lipinski definition) is 2. The molecule has 188 valence electrons. The molecule has 1 aromatic carbocycles. The molecule has 35 heavy (non-hydrogen) atoms. The van der Waals surface area contributed by atoms with Crippen molar-refractivity contribution in [3.8, 4) is 22.5 Å². The minimum Gasteiger partial charge on any atom is -0.475 e. The zero-order valence-corrected chi connectivity index (χ0v) is 19.4. The predicted octanol–water partition coefficient (Wildman–Crippen LogP) is 3.45. The maximum Gasteiger partial charge on any atom is 0.490 e. The summed E-state index contributed by atoms with van der Waals surface area (Å²) in [6.07, 6.45) is -3.34. The Balaban J connectivity index is 0.000000540. The van der Waals surface area contributed by atoms with E-state index in [0.717, 1.165) is 22.5 Å². The summed E-state index contributed by atoms with van der Waals surface area (Å²) in [6.45, 7) is 2.91. The first kappa shape index (κ1) is 27.3. The van der Waals surface area contributed by atoms with E-state index in [1.807, 2.05) is 38.4 Å². The first-order chi connectivity index (χ1) is 16.5. The third-order valence-corrected chi connectivity index (χ3v) is 4.58. The molecule has 0 fully saturated rings. The molecule has 2 aromatic heterocycles. The average Bonchev–Trinajstić information content (AvgIpc) is 3.23. The van der Waals surface area contributed by atoms with Crippen LogP contribution in [0.5, 0.6) is 0 Å². The molecule has 0 saturated carbocycles. The monoisotopic (exact) mass is 493 g/mol. The number of carboxylic acids is 1. The summed E-state index contributed by atoms with van der Waals surface area (Å²) in [5.74, 6) is -3.16. The fraction of sp³-hybridized carbons (Fsp3) is 0.304. The van der Waals surface area contributed by atoms with Gasteiger partial charge in [-0.05, 0) is 37.3 Å². The van der Waals surface area contributed by atoms with Crippen molar-refractivity contribution in [1.82, 2.24) is 14.8 Å². The van der Waals surface area contributed by atoms with Crippen molar-refractivity contribution < 1.29 is 32.6 Å². The Labute approximate surface area is 199 Å². The fourth-order valence-corrected chi connectivity index (χ4v) is 2.90. The number of nitrogens with zero attached hydrogens (tertiary/aromatic N) is 4. The Morgan fingerprint density at radius 3 is 2.23 bits per heavy atom. The lowest BCUT2D eigenvalue weighted by atomic mass is 10.1. The van der Waals surface area contributed by atoms with Gasteiger partial charge < -0.3 is 20.5 Å². The molecule has 0 aliphatic heterocycles. The highest BCUT2D eigenvalue weighted by Crippen LogP contribution is 2.26. The van der Waals surface area contributed by atoms with Gasteiger partial charge in [-0.3, -0.25) is 9.67 Å². The number of carboxylic acid groups (broad SMARTS) is 1. The van der Waals surface area contributed by atoms with Crippen molar-refractivity contribution in [3.63, 3.8) is 0 Å². The molecule has 0 amide bonds. The first-order valence-corrected chi connectivity index (χ1v) is 10.5. The highest BCUT2D eigenvalue weighted by atomic mass is 19.4. The summed E-state index contributed by atoms with van der Waals surface area (Å²) < 4.78 is 38.5. The van der Waals surface area contributed by atoms with Gasteiger partial charge in [-0.1, -0.05) is 12.1 Å². The normalized spacial score (nSPS) is 10.8. The van der Waals surface area contributed by atoms with E-state index in [9.17, 15) is 18.0 Å². The summed E-state index contributed by atoms with van der Waals surface area (Å²) in [6, 6.07) is 13.8. The number of pyridine rings is 1. The second-order valence-corrected chi connectivity index (χ2v) is 7.32. The molecule has 0 spiro atoms. The number of hydrogen-bond acceptors (Lipinski definition) is 7. The number of rotatable bonds is 7. The number of halogens is 3. The van der Waals surface area contributed by atoms with Gasteiger partial charge in [0.15, 0.2) is 0 Å². The molecule has 0 unspecified atom stereocenters. The standard InChI is InChI=1S/C21H25N5O2.C2HF3O2/c1-4-28-21(27)20-14-19(24-26(20)12-10-22)16-9-11-23-18(13-16)15-5-7-17(8-6-15)25(2)3;3-2(4,5)1(6)7/h5-9,11,13-14H,4,10,12,22H2,1-3H3;(H,6,7). The van der Waals surface area contributed by atoms with Gasteiger partial charge in [0.05, 0.1) is 24.5 Å². The SMILES string of the molecule is CCOC(=O)c1cc(-c2ccnc(-c3ccc(N(C)C)cc3)c2)nn1CCN.O=C(O)C(F)(F)F. The third-order valence-electron chi connectivity index (χ3n) is 4.58. The second kappa shape index (κ2) is 12.0. The van der Waals surface area contributed by atoms with Crippen LogP contribution in [0.2, 0.25) is 0 Å². The van der Waals surface area contributed by atoms with Gasteiger partial charge >= 0.3 is 18.1 Å². The average molecular weight is 493 g/mol. The minimum atomic E-state index is -5.08. The number of aliphatic carboxylic acids is 1. The van der Waals surface area contributed by atoms with Gasteiger partial charge in [0.2, 0.25) is 0 Å². The van der Waals surface area contributed by atoms with Crippen LogP contribution in [0.1, 0.15) is 17.4 Å². The predicted molar refractivity (Wildman–Crippen MR) is 124 cm³/mol. The number of nitrogens with two attached hydrogens (primary N) is 1. The van der Waals surface area contributed by atoms with Gasteiger partial charge in [-0.25, -0.2) is 9.59 Å². The van der Waals surface area contributed by atoms with Gasteiger partial charge in [-0.2, -0.15) is 18.3 Å². The number of aromatic nitrogens is 3. The maximum atomic E-state index is 12.2. The Morgan fingerprint density at radius 1 is 1.09 bits per heavy atom. The van der Waals surface area contributed by atoms with E-state index < -0.39 is 18.1 Å². The lowest BCUT2D eigenvalue weighted by molar-refractivity contribution is -0.192. The highest BCUT2D eigenvalue weighted by Gasteiger charge is 2.38. The van der Waals surface area contributed by atoms with Gasteiger partial charge in [0.1, 0.15) is 5.69 Å². The van der Waals surface area contributed by atoms with Crippen LogP contribution in [0.3, 0.4) is 0 Å². The van der Waals surface area contributed by atoms with Crippen molar-refractivity contribution >= 4 is 17.6 Å². The van der Waals surface area contributed by atoms with Crippen LogP contribution in [0.25, 0.3) is 22.5 Å². The fourth-order valence-electron chi connectivity index (χ4n) is 2.90. The largest absolute Gasteiger partial charge is 0.490 e. The van der Waals surface area contributed by atoms with Gasteiger partial charge in [0, 0.05) is 43.7 Å². The van der Waals surface area contributed by atoms with E-state index in [4.69, 9.17) is 20.4 Å². The molecule has 0 aliphatic carbocycles. The molecule has 0 radical (unpaired) electrons. The molecular formula is C23H26F3N5O4. The number of ether oxygens (including phenoxy) is 1. The molecule has 9 nitrogen and oxygen atoms in total. The van der Waals surface area contributed by atoms with E-state index in [0.29, 0.717) is 31.1 Å². The molecule has 2 heterocycles. The molecule has 0 bridgehead atoms. The van der Waals surface area contributed by atoms with Crippen LogP contribution >= 0.6 is 0 Å². The first-order valence-electron chi connectivity index (χ1n) is 10.5. The quantitative estimate of drug-likeness (QED) is 0.480. The van der Waals surface area contributed by atoms with Gasteiger partial charge in [-0.15, -0.1) is 0 Å². The number of carbonyl (C=O) groups excluding carboxylic acids is 1. The molecule has 3 aromatic rings. The zero-order valence-electron chi connectivity index (χ0n) is 19.4. The number of alkyl halides is 3. The summed E-state index contributed by atoms with van der Waals surface area (Å²) in [4.78, 5) is 27.6. The molecule has 0 atom stereocenters. The molecule has 3 N–H and O–H groups in total. The smallest absolute Gasteiger partial charge is 0.475 e. The molecule has 0 aliphatic rings. The van der Waals surface area contributed by atoms with Crippen LogP contribution in [0, 0.1) is 0 Å². The van der Waals surface area contributed by atoms with E-state index in [-0.39, 0.29) is 0 Å². The topological polar surface area (TPSA) is 124 Å². The van der Waals surface area contributed by atoms with Crippen LogP contribution in [-0.2, 0) is 16.1 Å². The van der Waals surface area contributed by atoms with Crippen LogP contribution in [0.4, 0.5) is 18.9 Å². The van der Waals surface area contributed by atoms with Crippen molar-refractivity contribution in [2.24, 2.45) is 5.73 Å².